The molecular formula is C34H45ClF7N3O5. The molecule has 1 aromatic rings. The van der Waals surface area contributed by atoms with Crippen LogP contribution in [0.3, 0.4) is 0 Å². The summed E-state index contributed by atoms with van der Waals surface area (Å²) in [6.45, 7) is 5.74. The van der Waals surface area contributed by atoms with E-state index in [1.165, 1.54) is 37.0 Å². The number of benzene rings is 1. The molecule has 3 saturated heterocycles. The first-order valence-corrected chi connectivity index (χ1v) is 17.7. The number of aliphatic carboxylic acids is 1. The molecular weight excluding hydrogens is 699 g/mol. The highest BCUT2D eigenvalue weighted by Crippen LogP contribution is 2.42. The van der Waals surface area contributed by atoms with Crippen LogP contribution in [0.15, 0.2) is 12.1 Å². The zero-order valence-electron chi connectivity index (χ0n) is 28.1. The van der Waals surface area contributed by atoms with Gasteiger partial charge in [-0.15, -0.1) is 0 Å². The number of likely N-dealkylation sites (tertiary alicyclic amines) is 2. The van der Waals surface area contributed by atoms with Gasteiger partial charge in [0, 0.05) is 64.1 Å². The van der Waals surface area contributed by atoms with E-state index >= 15 is 0 Å². The first-order chi connectivity index (χ1) is 23.5. The minimum atomic E-state index is -5.08. The van der Waals surface area contributed by atoms with Crippen LogP contribution in [0.1, 0.15) is 99.9 Å². The van der Waals surface area contributed by atoms with Gasteiger partial charge in [-0.2, -0.15) is 26.3 Å². The van der Waals surface area contributed by atoms with Crippen molar-refractivity contribution in [2.24, 2.45) is 11.8 Å². The largest absolute Gasteiger partial charge is 0.490 e. The molecule has 3 aliphatic heterocycles. The van der Waals surface area contributed by atoms with Gasteiger partial charge in [0.25, 0.3) is 5.91 Å². The van der Waals surface area contributed by atoms with Gasteiger partial charge in [-0.05, 0) is 50.2 Å². The fraction of sp³-hybridized carbons (Fsp3) is 0.735. The first kappa shape index (κ1) is 40.0. The lowest BCUT2D eigenvalue weighted by molar-refractivity contribution is -0.192. The molecule has 1 aliphatic carbocycles. The summed E-state index contributed by atoms with van der Waals surface area (Å²) >= 11 is 5.75. The van der Waals surface area contributed by atoms with E-state index in [0.717, 1.165) is 64.3 Å². The molecule has 16 heteroatoms. The van der Waals surface area contributed by atoms with Crippen molar-refractivity contribution in [3.8, 4) is 0 Å². The Bertz CT molecular complexity index is 1340. The van der Waals surface area contributed by atoms with Gasteiger partial charge in [-0.3, -0.25) is 9.69 Å². The lowest BCUT2D eigenvalue weighted by Crippen LogP contribution is -2.61. The number of alkyl halides is 6. The van der Waals surface area contributed by atoms with Gasteiger partial charge in [0.2, 0.25) is 0 Å². The second-order valence-electron chi connectivity index (χ2n) is 13.8. The molecule has 4 aliphatic rings. The average Bonchev–Trinajstić information content (AvgIpc) is 3.06. The van der Waals surface area contributed by atoms with Crippen LogP contribution in [-0.4, -0.2) is 94.9 Å². The Hall–Kier alpha value is -2.81. The number of hydrogen-bond donors (Lipinski definition) is 1. The van der Waals surface area contributed by atoms with Gasteiger partial charge in [-0.1, -0.05) is 50.6 Å². The number of carbonyl (C=O) groups is 3. The molecule has 1 spiro atoms. The molecule has 1 N–H and O–H groups in total. The number of unbranched alkanes of at least 4 members (excludes halogenated alkanes) is 1. The maximum Gasteiger partial charge on any atom is 0.490 e. The lowest BCUT2D eigenvalue weighted by atomic mass is 9.75. The monoisotopic (exact) mass is 743 g/mol. The van der Waals surface area contributed by atoms with Gasteiger partial charge in [0.15, 0.2) is 5.82 Å². The molecule has 1 atom stereocenters. The van der Waals surface area contributed by atoms with E-state index in [1.54, 1.807) is 0 Å². The molecule has 8 nitrogen and oxygen atoms in total. The maximum absolute atomic E-state index is 14.7. The third kappa shape index (κ3) is 9.74. The van der Waals surface area contributed by atoms with Crippen LogP contribution in [0, 0.1) is 17.7 Å². The van der Waals surface area contributed by atoms with E-state index in [9.17, 15) is 40.3 Å². The van der Waals surface area contributed by atoms with Gasteiger partial charge >= 0.3 is 24.4 Å². The van der Waals surface area contributed by atoms with Gasteiger partial charge in [0.05, 0.1) is 16.1 Å². The topological polar surface area (TPSA) is 90.4 Å². The summed E-state index contributed by atoms with van der Waals surface area (Å²) in [6, 6.07) is 1.65. The predicted octanol–water partition coefficient (Wildman–Crippen LogP) is 8.41. The smallest absolute Gasteiger partial charge is 0.475 e. The summed E-state index contributed by atoms with van der Waals surface area (Å²) in [4.78, 5) is 40.9. The normalized spacial score (nSPS) is 22.6. The molecule has 5 rings (SSSR count). The molecule has 1 unspecified atom stereocenters. The van der Waals surface area contributed by atoms with E-state index in [-0.39, 0.29) is 25.2 Å². The van der Waals surface area contributed by atoms with Crippen LogP contribution >= 0.6 is 11.6 Å². The van der Waals surface area contributed by atoms with Crippen LogP contribution in [0.25, 0.3) is 0 Å². The van der Waals surface area contributed by atoms with Crippen molar-refractivity contribution >= 4 is 29.6 Å². The molecule has 3 heterocycles. The Morgan fingerprint density at radius 3 is 2.12 bits per heavy atom. The summed E-state index contributed by atoms with van der Waals surface area (Å²) in [5.74, 6) is -4.20. The minimum absolute atomic E-state index is 0.156. The fourth-order valence-electron chi connectivity index (χ4n) is 7.83. The average molecular weight is 744 g/mol. The van der Waals surface area contributed by atoms with Gasteiger partial charge in [-0.25, -0.2) is 14.0 Å². The Kier molecular flexibility index (Phi) is 13.3. The first-order valence-electron chi connectivity index (χ1n) is 17.3. The van der Waals surface area contributed by atoms with Gasteiger partial charge in [0.1, 0.15) is 5.60 Å². The molecule has 4 fully saturated rings. The number of carboxylic acid groups (broad SMARTS) is 1. The Morgan fingerprint density at radius 2 is 1.58 bits per heavy atom. The molecule has 282 valence electrons. The highest BCUT2D eigenvalue weighted by Gasteiger charge is 2.50. The third-order valence-corrected chi connectivity index (χ3v) is 10.9. The summed E-state index contributed by atoms with van der Waals surface area (Å²) < 4.78 is 93.5. The number of carboxylic acids is 1. The second-order valence-corrected chi connectivity index (χ2v) is 14.2. The summed E-state index contributed by atoms with van der Waals surface area (Å²) in [5, 5.41) is 6.62. The third-order valence-electron chi connectivity index (χ3n) is 10.6. The standard InChI is InChI=1S/C32H44ClF4N3O3.C2HF3O2/c1-2-3-9-23-21-40(20-22-7-5-4-6-8-22)30(42)43-31(23)14-18-38(19-15-31)24-12-16-39(17-13-24)29(41)27-25(32(35,36)37)10-11-26(33)28(27)34;3-2(4,5)1(6)7/h10-11,22-24H,2-9,12-21H2,1H3;(H,6,7). The second kappa shape index (κ2) is 16.7. The highest BCUT2D eigenvalue weighted by molar-refractivity contribution is 6.31. The molecule has 1 saturated carbocycles. The molecule has 1 aromatic carbocycles. The van der Waals surface area contributed by atoms with E-state index in [0.29, 0.717) is 30.7 Å². The van der Waals surface area contributed by atoms with Crippen LogP contribution in [-0.2, 0) is 15.7 Å². The molecule has 0 aromatic heterocycles. The van der Waals surface area contributed by atoms with E-state index in [2.05, 4.69) is 11.8 Å². The minimum Gasteiger partial charge on any atom is -0.475 e. The summed E-state index contributed by atoms with van der Waals surface area (Å²) in [7, 11) is 0. The van der Waals surface area contributed by atoms with Gasteiger partial charge < -0.3 is 19.6 Å². The summed E-state index contributed by atoms with van der Waals surface area (Å²) in [6.07, 6.45) is 1.91. The number of amides is 2. The Balaban J connectivity index is 0.000000727. The zero-order valence-corrected chi connectivity index (χ0v) is 28.8. The van der Waals surface area contributed by atoms with Crippen molar-refractivity contribution in [2.45, 2.75) is 108 Å². The maximum atomic E-state index is 14.7. The Labute approximate surface area is 292 Å². The van der Waals surface area contributed by atoms with Crippen LogP contribution in [0.5, 0.6) is 0 Å². The molecule has 0 bridgehead atoms. The van der Waals surface area contributed by atoms with Crippen molar-refractivity contribution < 1.29 is 55.0 Å². The lowest BCUT2D eigenvalue weighted by Gasteiger charge is -2.52. The summed E-state index contributed by atoms with van der Waals surface area (Å²) in [5.41, 5.74) is -2.77. The number of halogens is 8. The van der Waals surface area contributed by atoms with E-state index in [1.807, 2.05) is 4.90 Å². The fourth-order valence-corrected chi connectivity index (χ4v) is 7.99. The molecule has 0 radical (unpaired) electrons. The number of carbonyl (C=O) groups excluding carboxylic acids is 2. The van der Waals surface area contributed by atoms with Crippen molar-refractivity contribution in [2.75, 3.05) is 39.3 Å². The predicted molar refractivity (Wildman–Crippen MR) is 170 cm³/mol. The van der Waals surface area contributed by atoms with Crippen molar-refractivity contribution in [3.05, 3.63) is 34.1 Å². The van der Waals surface area contributed by atoms with Crippen LogP contribution < -0.4 is 0 Å². The number of nitrogens with zero attached hydrogens (tertiary/aromatic N) is 3. The number of piperidine rings is 2. The van der Waals surface area contributed by atoms with Crippen LogP contribution in [0.4, 0.5) is 35.5 Å². The Morgan fingerprint density at radius 1 is 0.980 bits per heavy atom. The van der Waals surface area contributed by atoms with Crippen molar-refractivity contribution in [1.29, 1.82) is 0 Å². The molecule has 50 heavy (non-hydrogen) atoms. The number of ether oxygens (including phenoxy) is 1. The van der Waals surface area contributed by atoms with E-state index in [4.69, 9.17) is 26.2 Å². The zero-order chi connectivity index (χ0) is 36.9. The van der Waals surface area contributed by atoms with Crippen molar-refractivity contribution in [1.82, 2.24) is 14.7 Å². The number of rotatable bonds is 7. The molecule has 2 amide bonds. The highest BCUT2D eigenvalue weighted by atomic mass is 35.5. The SMILES string of the molecule is CCCCC1CN(CC2CCCCC2)C(=O)OC12CCN(C1CCN(C(=O)c3c(C(F)(F)F)ccc(Cl)c3F)CC1)CC2.O=C(O)C(F)(F)F. The number of hydrogen-bond acceptors (Lipinski definition) is 5. The van der Waals surface area contributed by atoms with E-state index < -0.39 is 51.8 Å². The van der Waals surface area contributed by atoms with Crippen LogP contribution in [0.2, 0.25) is 5.02 Å². The quantitative estimate of drug-likeness (QED) is 0.282. The van der Waals surface area contributed by atoms with Crippen molar-refractivity contribution in [3.63, 3.8) is 0 Å².